The second-order valence-corrected chi connectivity index (χ2v) is 6.11. The predicted molar refractivity (Wildman–Crippen MR) is 79.4 cm³/mol. The highest BCUT2D eigenvalue weighted by Gasteiger charge is 2.34. The molecule has 6 nitrogen and oxygen atoms in total. The largest absolute Gasteiger partial charge is 0.468 e. The molecule has 1 aliphatic heterocycles. The average Bonchev–Trinajstić information content (AvgIpc) is 2.51. The molecule has 0 aromatic heterocycles. The standard InChI is InChI=1S/C14H13F3N2O4S/c1-23-12(21)6-18-11(20)5-10-13(22)19-8-4-7(14(15,16)17)2-3-9(8)24-10/h2-4,10H,5-6H2,1H3,(H,18,20)(H,19,22)/t10-/m1/s1. The summed E-state index contributed by atoms with van der Waals surface area (Å²) in [7, 11) is 1.17. The van der Waals surface area contributed by atoms with Crippen molar-refractivity contribution in [3.63, 3.8) is 0 Å². The Balaban J connectivity index is 2.03. The van der Waals surface area contributed by atoms with Gasteiger partial charge in [-0.05, 0) is 18.2 Å². The van der Waals surface area contributed by atoms with Crippen molar-refractivity contribution in [2.45, 2.75) is 22.7 Å². The van der Waals surface area contributed by atoms with Crippen LogP contribution in [0.15, 0.2) is 23.1 Å². The van der Waals surface area contributed by atoms with Gasteiger partial charge in [-0.2, -0.15) is 13.2 Å². The fraction of sp³-hybridized carbons (Fsp3) is 0.357. The zero-order valence-corrected chi connectivity index (χ0v) is 13.2. The van der Waals surface area contributed by atoms with Crippen LogP contribution >= 0.6 is 11.8 Å². The van der Waals surface area contributed by atoms with Crippen molar-refractivity contribution in [3.05, 3.63) is 23.8 Å². The molecule has 0 spiro atoms. The van der Waals surface area contributed by atoms with Crippen LogP contribution in [0.4, 0.5) is 18.9 Å². The molecule has 0 aliphatic carbocycles. The summed E-state index contributed by atoms with van der Waals surface area (Å²) in [5.74, 6) is -1.74. The van der Waals surface area contributed by atoms with Gasteiger partial charge in [0.15, 0.2) is 0 Å². The molecular weight excluding hydrogens is 349 g/mol. The molecule has 10 heteroatoms. The summed E-state index contributed by atoms with van der Waals surface area (Å²) in [5.41, 5.74) is -0.803. The second-order valence-electron chi connectivity index (χ2n) is 4.86. The second kappa shape index (κ2) is 7.12. The predicted octanol–water partition coefficient (Wildman–Crippen LogP) is 1.80. The van der Waals surface area contributed by atoms with Crippen molar-refractivity contribution in [2.75, 3.05) is 19.0 Å². The minimum atomic E-state index is -4.50. The van der Waals surface area contributed by atoms with Crippen LogP contribution in [0.3, 0.4) is 0 Å². The number of alkyl halides is 3. The number of anilines is 1. The SMILES string of the molecule is COC(=O)CNC(=O)C[C@H]1Sc2ccc(C(F)(F)F)cc2NC1=O. The minimum Gasteiger partial charge on any atom is -0.468 e. The summed E-state index contributed by atoms with van der Waals surface area (Å²) < 4.78 is 42.4. The van der Waals surface area contributed by atoms with E-state index in [9.17, 15) is 27.6 Å². The summed E-state index contributed by atoms with van der Waals surface area (Å²) in [6.45, 7) is -0.320. The first kappa shape index (κ1) is 18.1. The number of halogens is 3. The number of carbonyl (C=O) groups is 3. The highest BCUT2D eigenvalue weighted by Crippen LogP contribution is 2.40. The summed E-state index contributed by atoms with van der Waals surface area (Å²) in [4.78, 5) is 35.1. The lowest BCUT2D eigenvalue weighted by atomic mass is 10.1. The molecule has 0 radical (unpaired) electrons. The number of nitrogens with one attached hydrogen (secondary N) is 2. The van der Waals surface area contributed by atoms with Crippen LogP contribution in [0.1, 0.15) is 12.0 Å². The Morgan fingerprint density at radius 1 is 1.38 bits per heavy atom. The first-order chi connectivity index (χ1) is 11.2. The van der Waals surface area contributed by atoms with E-state index in [0.717, 1.165) is 23.9 Å². The Morgan fingerprint density at radius 3 is 2.71 bits per heavy atom. The van der Waals surface area contributed by atoms with Gasteiger partial charge in [-0.25, -0.2) is 0 Å². The molecule has 1 aromatic rings. The maximum Gasteiger partial charge on any atom is 0.416 e. The van der Waals surface area contributed by atoms with Gasteiger partial charge in [0.05, 0.1) is 23.6 Å². The van der Waals surface area contributed by atoms with Gasteiger partial charge in [-0.1, -0.05) is 0 Å². The van der Waals surface area contributed by atoms with Crippen LogP contribution in [-0.4, -0.2) is 36.7 Å². The number of hydrogen-bond donors (Lipinski definition) is 2. The molecular formula is C14H13F3N2O4S. The third-order valence-corrected chi connectivity index (χ3v) is 4.43. The smallest absolute Gasteiger partial charge is 0.416 e. The van der Waals surface area contributed by atoms with Crippen molar-refractivity contribution >= 4 is 35.2 Å². The molecule has 130 valence electrons. The van der Waals surface area contributed by atoms with Crippen molar-refractivity contribution in [1.82, 2.24) is 5.32 Å². The zero-order chi connectivity index (χ0) is 17.9. The lowest BCUT2D eigenvalue weighted by molar-refractivity contribution is -0.141. The van der Waals surface area contributed by atoms with Gasteiger partial charge in [0.25, 0.3) is 0 Å². The normalized spacial score (nSPS) is 16.8. The average molecular weight is 362 g/mol. The number of rotatable bonds is 4. The molecule has 0 bridgehead atoms. The van der Waals surface area contributed by atoms with Crippen LogP contribution in [-0.2, 0) is 25.3 Å². The number of benzene rings is 1. The first-order valence-corrected chi connectivity index (χ1v) is 7.61. The van der Waals surface area contributed by atoms with Gasteiger partial charge in [0.1, 0.15) is 6.54 Å². The Hall–Kier alpha value is -2.23. The van der Waals surface area contributed by atoms with Crippen molar-refractivity contribution in [2.24, 2.45) is 0 Å². The van der Waals surface area contributed by atoms with Crippen molar-refractivity contribution in [1.29, 1.82) is 0 Å². The highest BCUT2D eigenvalue weighted by molar-refractivity contribution is 8.01. The van der Waals surface area contributed by atoms with Crippen LogP contribution in [0, 0.1) is 0 Å². The Bertz CT molecular complexity index is 678. The fourth-order valence-electron chi connectivity index (χ4n) is 1.94. The highest BCUT2D eigenvalue weighted by atomic mass is 32.2. The quantitative estimate of drug-likeness (QED) is 0.798. The third kappa shape index (κ3) is 4.40. The molecule has 1 atom stereocenters. The topological polar surface area (TPSA) is 84.5 Å². The Kier molecular flexibility index (Phi) is 5.37. The summed E-state index contributed by atoms with van der Waals surface area (Å²) in [6, 6.07) is 3.02. The van der Waals surface area contributed by atoms with E-state index in [1.807, 2.05) is 0 Å². The molecule has 24 heavy (non-hydrogen) atoms. The van der Waals surface area contributed by atoms with E-state index < -0.39 is 34.8 Å². The monoisotopic (exact) mass is 362 g/mol. The summed E-state index contributed by atoms with van der Waals surface area (Å²) in [6.07, 6.45) is -4.72. The van der Waals surface area contributed by atoms with Gasteiger partial charge >= 0.3 is 12.1 Å². The van der Waals surface area contributed by atoms with E-state index in [1.54, 1.807) is 0 Å². The van der Waals surface area contributed by atoms with Crippen molar-refractivity contribution < 1.29 is 32.3 Å². The molecule has 2 amide bonds. The lowest BCUT2D eigenvalue weighted by Gasteiger charge is -2.24. The van der Waals surface area contributed by atoms with Crippen LogP contribution < -0.4 is 10.6 Å². The first-order valence-electron chi connectivity index (χ1n) is 6.73. The minimum absolute atomic E-state index is 0.0612. The van der Waals surface area contributed by atoms with Gasteiger partial charge in [-0.15, -0.1) is 11.8 Å². The number of esters is 1. The maximum atomic E-state index is 12.7. The third-order valence-electron chi connectivity index (χ3n) is 3.15. The molecule has 0 unspecified atom stereocenters. The number of carbonyl (C=O) groups excluding carboxylic acids is 3. The molecule has 1 heterocycles. The number of methoxy groups -OCH3 is 1. The van der Waals surface area contributed by atoms with Crippen molar-refractivity contribution in [3.8, 4) is 0 Å². The Morgan fingerprint density at radius 2 is 2.08 bits per heavy atom. The van der Waals surface area contributed by atoms with Crippen LogP contribution in [0.5, 0.6) is 0 Å². The summed E-state index contributed by atoms with van der Waals surface area (Å²) in [5, 5.41) is 3.87. The molecule has 2 rings (SSSR count). The maximum absolute atomic E-state index is 12.7. The number of amides is 2. The number of ether oxygens (including phenoxy) is 1. The lowest BCUT2D eigenvalue weighted by Crippen LogP contribution is -2.37. The molecule has 0 saturated carbocycles. The molecule has 0 fully saturated rings. The molecule has 1 aromatic carbocycles. The molecule has 2 N–H and O–H groups in total. The number of fused-ring (bicyclic) bond motifs is 1. The summed E-state index contributed by atoms with van der Waals surface area (Å²) >= 11 is 0.996. The van der Waals surface area contributed by atoms with E-state index in [0.29, 0.717) is 4.90 Å². The Labute approximate surface area is 139 Å². The van der Waals surface area contributed by atoms with E-state index in [2.05, 4.69) is 15.4 Å². The fourth-order valence-corrected chi connectivity index (χ4v) is 3.04. The van der Waals surface area contributed by atoms with E-state index in [4.69, 9.17) is 0 Å². The number of thioether (sulfide) groups is 1. The van der Waals surface area contributed by atoms with Gasteiger partial charge in [0, 0.05) is 11.3 Å². The van der Waals surface area contributed by atoms with Gasteiger partial charge < -0.3 is 15.4 Å². The van der Waals surface area contributed by atoms with Gasteiger partial charge in [0.2, 0.25) is 11.8 Å². The van der Waals surface area contributed by atoms with Crippen LogP contribution in [0.25, 0.3) is 0 Å². The zero-order valence-electron chi connectivity index (χ0n) is 12.4. The number of hydrogen-bond acceptors (Lipinski definition) is 5. The van der Waals surface area contributed by atoms with Gasteiger partial charge in [-0.3, -0.25) is 14.4 Å². The van der Waals surface area contributed by atoms with E-state index >= 15 is 0 Å². The molecule has 0 saturated heterocycles. The van der Waals surface area contributed by atoms with Crippen LogP contribution in [0.2, 0.25) is 0 Å². The van der Waals surface area contributed by atoms with E-state index in [-0.39, 0.29) is 18.7 Å². The van der Waals surface area contributed by atoms with E-state index in [1.165, 1.54) is 13.2 Å². The molecule has 1 aliphatic rings.